The van der Waals surface area contributed by atoms with Gasteiger partial charge in [0.1, 0.15) is 12.1 Å². The van der Waals surface area contributed by atoms with Crippen LogP contribution >= 0.6 is 0 Å². The zero-order valence-electron chi connectivity index (χ0n) is 16.4. The summed E-state index contributed by atoms with van der Waals surface area (Å²) in [5.41, 5.74) is 1.10. The molecule has 4 rings (SSSR count). The van der Waals surface area contributed by atoms with Gasteiger partial charge in [0, 0.05) is 39.3 Å². The van der Waals surface area contributed by atoms with Gasteiger partial charge in [-0.25, -0.2) is 4.79 Å². The number of carbonyl (C=O) groups excluding carboxylic acids is 3. The number of benzene rings is 1. The molecule has 3 aliphatic heterocycles. The quantitative estimate of drug-likeness (QED) is 0.428. The van der Waals surface area contributed by atoms with Crippen molar-refractivity contribution in [2.45, 2.75) is 18.6 Å². The number of piperazine rings is 1. The van der Waals surface area contributed by atoms with E-state index in [0.717, 1.165) is 23.6 Å². The Morgan fingerprint density at radius 2 is 1.97 bits per heavy atom. The number of hydrogen-bond donors (Lipinski definition) is 4. The molecule has 162 valence electrons. The van der Waals surface area contributed by atoms with Gasteiger partial charge in [0.2, 0.25) is 18.6 Å². The van der Waals surface area contributed by atoms with Crippen molar-refractivity contribution in [3.05, 3.63) is 23.8 Å². The molecule has 1 aromatic carbocycles. The maximum atomic E-state index is 12.7. The lowest BCUT2D eigenvalue weighted by Crippen LogP contribution is -2.57. The minimum absolute atomic E-state index is 0.148. The number of ether oxygens (including phenoxy) is 2. The highest BCUT2D eigenvalue weighted by atomic mass is 16.7. The van der Waals surface area contributed by atoms with Gasteiger partial charge in [-0.2, -0.15) is 0 Å². The van der Waals surface area contributed by atoms with E-state index in [9.17, 15) is 19.5 Å². The van der Waals surface area contributed by atoms with E-state index >= 15 is 0 Å². The highest BCUT2D eigenvalue weighted by Crippen LogP contribution is 2.32. The molecule has 0 aliphatic carbocycles. The monoisotopic (exact) mass is 419 g/mol. The van der Waals surface area contributed by atoms with E-state index in [0.29, 0.717) is 26.2 Å². The summed E-state index contributed by atoms with van der Waals surface area (Å²) in [6, 6.07) is 3.65. The van der Waals surface area contributed by atoms with Gasteiger partial charge in [-0.15, -0.1) is 0 Å². The van der Waals surface area contributed by atoms with Crippen LogP contribution in [-0.2, 0) is 16.1 Å². The van der Waals surface area contributed by atoms with E-state index in [2.05, 4.69) is 20.9 Å². The van der Waals surface area contributed by atoms with Crippen LogP contribution in [0.1, 0.15) is 5.56 Å². The first-order valence-corrected chi connectivity index (χ1v) is 9.89. The van der Waals surface area contributed by atoms with Gasteiger partial charge >= 0.3 is 6.03 Å². The zero-order valence-corrected chi connectivity index (χ0v) is 16.4. The third-order valence-electron chi connectivity index (χ3n) is 5.41. The molecule has 1 aromatic rings. The molecule has 0 saturated carbocycles. The Morgan fingerprint density at radius 3 is 2.67 bits per heavy atom. The normalized spacial score (nSPS) is 21.7. The molecule has 30 heavy (non-hydrogen) atoms. The molecule has 3 heterocycles. The fourth-order valence-corrected chi connectivity index (χ4v) is 3.72. The number of nitrogens with one attached hydrogen (secondary N) is 3. The fraction of sp³-hybridized carbons (Fsp3) is 0.526. The molecule has 0 spiro atoms. The van der Waals surface area contributed by atoms with E-state index < -0.39 is 30.6 Å². The lowest BCUT2D eigenvalue weighted by atomic mass is 10.1. The van der Waals surface area contributed by atoms with E-state index in [4.69, 9.17) is 9.47 Å². The predicted molar refractivity (Wildman–Crippen MR) is 104 cm³/mol. The second-order valence-corrected chi connectivity index (χ2v) is 7.44. The van der Waals surface area contributed by atoms with Gasteiger partial charge in [0.25, 0.3) is 0 Å². The van der Waals surface area contributed by atoms with Gasteiger partial charge in [0.15, 0.2) is 11.5 Å². The van der Waals surface area contributed by atoms with E-state index in [-0.39, 0.29) is 19.2 Å². The van der Waals surface area contributed by atoms with Crippen LogP contribution in [0.25, 0.3) is 0 Å². The summed E-state index contributed by atoms with van der Waals surface area (Å²) in [5, 5.41) is 17.1. The van der Waals surface area contributed by atoms with Crippen molar-refractivity contribution in [2.75, 3.05) is 46.1 Å². The smallest absolute Gasteiger partial charge is 0.315 e. The van der Waals surface area contributed by atoms with Crippen molar-refractivity contribution in [2.24, 2.45) is 0 Å². The Balaban J connectivity index is 1.26. The molecule has 0 radical (unpaired) electrons. The second kappa shape index (κ2) is 8.76. The molecule has 2 unspecified atom stereocenters. The van der Waals surface area contributed by atoms with Gasteiger partial charge < -0.3 is 35.4 Å². The number of carbonyl (C=O) groups is 3. The number of rotatable bonds is 6. The van der Waals surface area contributed by atoms with E-state index in [1.807, 2.05) is 18.2 Å². The summed E-state index contributed by atoms with van der Waals surface area (Å²) in [7, 11) is 0. The average Bonchev–Trinajstić information content (AvgIpc) is 3.40. The fourth-order valence-electron chi connectivity index (χ4n) is 3.72. The number of amides is 4. The van der Waals surface area contributed by atoms with Crippen LogP contribution in [0.4, 0.5) is 4.79 Å². The molecular formula is C19H25N5O6. The topological polar surface area (TPSA) is 132 Å². The Hall–Kier alpha value is -3.05. The summed E-state index contributed by atoms with van der Waals surface area (Å²) < 4.78 is 10.7. The minimum atomic E-state index is -1.03. The molecule has 2 saturated heterocycles. The van der Waals surface area contributed by atoms with Crippen LogP contribution in [0.2, 0.25) is 0 Å². The predicted octanol–water partition coefficient (Wildman–Crippen LogP) is -1.78. The van der Waals surface area contributed by atoms with E-state index in [1.165, 1.54) is 0 Å². The lowest BCUT2D eigenvalue weighted by molar-refractivity contribution is -0.139. The number of aliphatic hydroxyl groups is 1. The third kappa shape index (κ3) is 4.41. The van der Waals surface area contributed by atoms with E-state index in [1.54, 1.807) is 4.90 Å². The van der Waals surface area contributed by atoms with Crippen molar-refractivity contribution in [3.8, 4) is 11.5 Å². The second-order valence-electron chi connectivity index (χ2n) is 7.44. The maximum Gasteiger partial charge on any atom is 0.315 e. The summed E-state index contributed by atoms with van der Waals surface area (Å²) in [6.07, 6.45) is 0. The molecule has 3 aliphatic rings. The van der Waals surface area contributed by atoms with Crippen LogP contribution in [0, 0.1) is 0 Å². The zero-order chi connectivity index (χ0) is 21.1. The SMILES string of the molecule is O=C1NCC(C(=O)NC(CO)C(=O)N2CCN(Cc3ccc4c(c3)OCO4)CC2)N1. The number of nitrogens with zero attached hydrogens (tertiary/aromatic N) is 2. The summed E-state index contributed by atoms with van der Waals surface area (Å²) >= 11 is 0. The van der Waals surface area contributed by atoms with Crippen molar-refractivity contribution in [1.29, 1.82) is 0 Å². The van der Waals surface area contributed by atoms with Gasteiger partial charge in [-0.1, -0.05) is 6.07 Å². The third-order valence-corrected chi connectivity index (χ3v) is 5.41. The molecule has 2 fully saturated rings. The van der Waals surface area contributed by atoms with Gasteiger partial charge in [0.05, 0.1) is 6.61 Å². The minimum Gasteiger partial charge on any atom is -0.454 e. The first-order valence-electron chi connectivity index (χ1n) is 9.89. The first-order chi connectivity index (χ1) is 14.5. The lowest BCUT2D eigenvalue weighted by Gasteiger charge is -2.36. The number of fused-ring (bicyclic) bond motifs is 1. The Labute approximate surface area is 173 Å². The molecular weight excluding hydrogens is 394 g/mol. The van der Waals surface area contributed by atoms with Crippen LogP contribution in [-0.4, -0.2) is 91.0 Å². The van der Waals surface area contributed by atoms with Crippen LogP contribution < -0.4 is 25.4 Å². The molecule has 11 nitrogen and oxygen atoms in total. The highest BCUT2D eigenvalue weighted by molar-refractivity contribution is 5.93. The summed E-state index contributed by atoms with van der Waals surface area (Å²) in [6.45, 7) is 2.96. The molecule has 0 bridgehead atoms. The molecule has 0 aromatic heterocycles. The number of hydrogen-bond acceptors (Lipinski definition) is 7. The Kier molecular flexibility index (Phi) is 5.91. The largest absolute Gasteiger partial charge is 0.454 e. The first kappa shape index (κ1) is 20.2. The summed E-state index contributed by atoms with van der Waals surface area (Å²) in [5.74, 6) is 0.670. The standard InChI is InChI=1S/C19H25N5O6/c25-10-14(21-17(26)13-8-20-19(28)22-13)18(27)24-5-3-23(4-6-24)9-12-1-2-15-16(7-12)30-11-29-15/h1-2,7,13-14,25H,3-6,8-11H2,(H,21,26)(H2,20,22,28). The average molecular weight is 419 g/mol. The van der Waals surface area contributed by atoms with Gasteiger partial charge in [-0.05, 0) is 17.7 Å². The Bertz CT molecular complexity index is 826. The maximum absolute atomic E-state index is 12.7. The van der Waals surface area contributed by atoms with Crippen molar-refractivity contribution >= 4 is 17.8 Å². The number of aliphatic hydroxyl groups excluding tert-OH is 1. The Morgan fingerprint density at radius 1 is 1.20 bits per heavy atom. The highest BCUT2D eigenvalue weighted by Gasteiger charge is 2.32. The molecule has 2 atom stereocenters. The molecule has 4 amide bonds. The number of urea groups is 1. The van der Waals surface area contributed by atoms with Crippen LogP contribution in [0.3, 0.4) is 0 Å². The molecule has 11 heteroatoms. The van der Waals surface area contributed by atoms with Crippen LogP contribution in [0.5, 0.6) is 11.5 Å². The van der Waals surface area contributed by atoms with Crippen molar-refractivity contribution < 1.29 is 29.0 Å². The summed E-state index contributed by atoms with van der Waals surface area (Å²) in [4.78, 5) is 40.0. The van der Waals surface area contributed by atoms with Crippen molar-refractivity contribution in [3.63, 3.8) is 0 Å². The molecule has 4 N–H and O–H groups in total. The van der Waals surface area contributed by atoms with Gasteiger partial charge in [-0.3, -0.25) is 14.5 Å². The van der Waals surface area contributed by atoms with Crippen LogP contribution in [0.15, 0.2) is 18.2 Å². The van der Waals surface area contributed by atoms with Crippen molar-refractivity contribution in [1.82, 2.24) is 25.8 Å².